The van der Waals surface area contributed by atoms with Gasteiger partial charge in [0.05, 0.1) is 16.7 Å². The maximum Gasteiger partial charge on any atom is 0.270 e. The number of non-ortho nitro benzene ring substituents is 1. The average molecular weight is 320 g/mol. The Kier molecular flexibility index (Phi) is 3.13. The summed E-state index contributed by atoms with van der Waals surface area (Å²) in [6, 6.07) is 15.3. The number of rotatable bonds is 3. The van der Waals surface area contributed by atoms with Crippen LogP contribution in [0, 0.1) is 10.1 Å². The van der Waals surface area contributed by atoms with Crippen molar-refractivity contribution < 1.29 is 9.72 Å². The van der Waals surface area contributed by atoms with Crippen LogP contribution in [-0.4, -0.2) is 21.0 Å². The fourth-order valence-corrected chi connectivity index (χ4v) is 2.96. The minimum atomic E-state index is -0.471. The molecule has 1 aliphatic heterocycles. The van der Waals surface area contributed by atoms with E-state index < -0.39 is 11.0 Å². The summed E-state index contributed by atoms with van der Waals surface area (Å²) in [4.78, 5) is 22.8. The van der Waals surface area contributed by atoms with E-state index in [-0.39, 0.29) is 11.6 Å². The topological polar surface area (TPSA) is 101 Å². The fraction of sp³-hybridized carbons (Fsp3) is 0.0588. The molecule has 2 heterocycles. The molecule has 0 saturated carbocycles. The normalized spacial score (nSPS) is 15.8. The van der Waals surface area contributed by atoms with Crippen LogP contribution in [0.3, 0.4) is 0 Å². The van der Waals surface area contributed by atoms with Gasteiger partial charge in [-0.05, 0) is 5.56 Å². The largest absolute Gasteiger partial charge is 0.340 e. The van der Waals surface area contributed by atoms with E-state index in [1.54, 1.807) is 12.1 Å². The van der Waals surface area contributed by atoms with Crippen LogP contribution >= 0.6 is 0 Å². The monoisotopic (exact) mass is 320 g/mol. The molecule has 0 aliphatic carbocycles. The van der Waals surface area contributed by atoms with Crippen molar-refractivity contribution in [3.8, 4) is 11.3 Å². The molecular weight excluding hydrogens is 308 g/mol. The molecule has 0 fully saturated rings. The van der Waals surface area contributed by atoms with E-state index in [0.29, 0.717) is 22.5 Å². The standard InChI is InChI=1S/C17H12N4O3/c22-17-16-13(15(19-20-16)10-5-2-1-3-6-10)14(18-17)11-7-4-8-12(9-11)21(23)24/h1-9,14H,(H,18,22)(H,19,20)/t14-/m1/s1. The van der Waals surface area contributed by atoms with Crippen LogP contribution in [0.25, 0.3) is 11.3 Å². The van der Waals surface area contributed by atoms with E-state index in [0.717, 1.165) is 5.56 Å². The molecule has 7 heteroatoms. The number of fused-ring (bicyclic) bond motifs is 1. The summed E-state index contributed by atoms with van der Waals surface area (Å²) >= 11 is 0. The second kappa shape index (κ2) is 5.31. The summed E-state index contributed by atoms with van der Waals surface area (Å²) in [5, 5.41) is 20.9. The first kappa shape index (κ1) is 14.1. The summed E-state index contributed by atoms with van der Waals surface area (Å²) in [6.45, 7) is 0. The Balaban J connectivity index is 1.85. The highest BCUT2D eigenvalue weighted by Gasteiger charge is 2.35. The van der Waals surface area contributed by atoms with Gasteiger partial charge < -0.3 is 5.32 Å². The Labute approximate surface area is 136 Å². The van der Waals surface area contributed by atoms with Gasteiger partial charge in [0.2, 0.25) is 0 Å². The molecule has 0 radical (unpaired) electrons. The van der Waals surface area contributed by atoms with Crippen molar-refractivity contribution in [2.24, 2.45) is 0 Å². The number of nitro benzene ring substituents is 1. The van der Waals surface area contributed by atoms with Gasteiger partial charge in [-0.15, -0.1) is 0 Å². The molecule has 2 aromatic carbocycles. The Morgan fingerprint density at radius 1 is 1.08 bits per heavy atom. The number of H-pyrrole nitrogens is 1. The molecule has 0 saturated heterocycles. The third-order valence-electron chi connectivity index (χ3n) is 4.06. The van der Waals surface area contributed by atoms with E-state index >= 15 is 0 Å². The molecule has 3 aromatic rings. The molecule has 4 rings (SSSR count). The second-order valence-electron chi connectivity index (χ2n) is 5.49. The third kappa shape index (κ3) is 2.14. The first-order valence-electron chi connectivity index (χ1n) is 7.34. The predicted molar refractivity (Wildman–Crippen MR) is 86.4 cm³/mol. The molecule has 0 bridgehead atoms. The highest BCUT2D eigenvalue weighted by Crippen LogP contribution is 2.37. The summed E-state index contributed by atoms with van der Waals surface area (Å²) in [5.74, 6) is -0.267. The van der Waals surface area contributed by atoms with Gasteiger partial charge in [-0.2, -0.15) is 5.10 Å². The number of nitro groups is 1. The molecule has 0 spiro atoms. The zero-order valence-corrected chi connectivity index (χ0v) is 12.4. The Hall–Kier alpha value is -3.48. The van der Waals surface area contributed by atoms with E-state index in [1.165, 1.54) is 12.1 Å². The lowest BCUT2D eigenvalue weighted by Gasteiger charge is -2.13. The van der Waals surface area contributed by atoms with Gasteiger partial charge in [0.1, 0.15) is 5.69 Å². The van der Waals surface area contributed by atoms with E-state index in [2.05, 4.69) is 15.5 Å². The molecule has 24 heavy (non-hydrogen) atoms. The number of carbonyl (C=O) groups excluding carboxylic acids is 1. The number of aromatic amines is 1. The van der Waals surface area contributed by atoms with Gasteiger partial charge in [-0.25, -0.2) is 0 Å². The maximum atomic E-state index is 12.2. The van der Waals surface area contributed by atoms with Crippen LogP contribution in [-0.2, 0) is 0 Å². The van der Waals surface area contributed by atoms with Crippen LogP contribution in [0.15, 0.2) is 54.6 Å². The third-order valence-corrected chi connectivity index (χ3v) is 4.06. The van der Waals surface area contributed by atoms with Crippen LogP contribution in [0.2, 0.25) is 0 Å². The number of hydrogen-bond donors (Lipinski definition) is 2. The number of aromatic nitrogens is 2. The zero-order chi connectivity index (χ0) is 16.7. The van der Waals surface area contributed by atoms with Crippen molar-refractivity contribution in [3.05, 3.63) is 81.5 Å². The Morgan fingerprint density at radius 2 is 1.88 bits per heavy atom. The van der Waals surface area contributed by atoms with Crippen molar-refractivity contribution in [3.63, 3.8) is 0 Å². The first-order valence-corrected chi connectivity index (χ1v) is 7.34. The summed E-state index contributed by atoms with van der Waals surface area (Å²) in [7, 11) is 0. The number of nitrogens with one attached hydrogen (secondary N) is 2. The molecule has 1 atom stereocenters. The quantitative estimate of drug-likeness (QED) is 0.572. The number of carbonyl (C=O) groups is 1. The van der Waals surface area contributed by atoms with Crippen molar-refractivity contribution >= 4 is 11.6 Å². The number of benzene rings is 2. The Morgan fingerprint density at radius 3 is 2.62 bits per heavy atom. The minimum absolute atomic E-state index is 0.0139. The highest BCUT2D eigenvalue weighted by molar-refractivity contribution is 6.00. The van der Waals surface area contributed by atoms with Crippen LogP contribution in [0.5, 0.6) is 0 Å². The number of hydrogen-bond acceptors (Lipinski definition) is 4. The lowest BCUT2D eigenvalue weighted by atomic mass is 9.96. The SMILES string of the molecule is O=C1N[C@H](c2cccc([N+](=O)[O-])c2)c2c(-c3ccccc3)n[nH]c21. The minimum Gasteiger partial charge on any atom is -0.340 e. The van der Waals surface area contributed by atoms with Crippen molar-refractivity contribution in [1.82, 2.24) is 15.5 Å². The molecule has 7 nitrogen and oxygen atoms in total. The van der Waals surface area contributed by atoms with Crippen molar-refractivity contribution in [2.45, 2.75) is 6.04 Å². The van der Waals surface area contributed by atoms with Crippen molar-refractivity contribution in [2.75, 3.05) is 0 Å². The highest BCUT2D eigenvalue weighted by atomic mass is 16.6. The van der Waals surface area contributed by atoms with E-state index in [9.17, 15) is 14.9 Å². The molecule has 1 aromatic heterocycles. The first-order chi connectivity index (χ1) is 11.6. The maximum absolute atomic E-state index is 12.2. The van der Waals surface area contributed by atoms with Crippen molar-refractivity contribution in [1.29, 1.82) is 0 Å². The molecular formula is C17H12N4O3. The second-order valence-corrected chi connectivity index (χ2v) is 5.49. The number of amides is 1. The van der Waals surface area contributed by atoms with Crippen LogP contribution < -0.4 is 5.32 Å². The lowest BCUT2D eigenvalue weighted by molar-refractivity contribution is -0.384. The fourth-order valence-electron chi connectivity index (χ4n) is 2.96. The smallest absolute Gasteiger partial charge is 0.270 e. The van der Waals surface area contributed by atoms with E-state index in [1.807, 2.05) is 30.3 Å². The molecule has 1 amide bonds. The van der Waals surface area contributed by atoms with Crippen LogP contribution in [0.4, 0.5) is 5.69 Å². The van der Waals surface area contributed by atoms with Gasteiger partial charge in [-0.1, -0.05) is 42.5 Å². The zero-order valence-electron chi connectivity index (χ0n) is 12.4. The lowest BCUT2D eigenvalue weighted by Crippen LogP contribution is -2.21. The van der Waals surface area contributed by atoms with Crippen LogP contribution in [0.1, 0.15) is 27.7 Å². The summed E-state index contributed by atoms with van der Waals surface area (Å²) < 4.78 is 0. The molecule has 2 N–H and O–H groups in total. The molecule has 0 unspecified atom stereocenters. The van der Waals surface area contributed by atoms with Gasteiger partial charge in [-0.3, -0.25) is 20.0 Å². The predicted octanol–water partition coefficient (Wildman–Crippen LogP) is 2.82. The van der Waals surface area contributed by atoms with Gasteiger partial charge in [0, 0.05) is 23.3 Å². The van der Waals surface area contributed by atoms with Gasteiger partial charge in [0.25, 0.3) is 11.6 Å². The Bertz CT molecular complexity index is 949. The van der Waals surface area contributed by atoms with E-state index in [4.69, 9.17) is 0 Å². The average Bonchev–Trinajstić information content (AvgIpc) is 3.17. The summed E-state index contributed by atoms with van der Waals surface area (Å²) in [5.41, 5.74) is 3.29. The molecule has 118 valence electrons. The summed E-state index contributed by atoms with van der Waals surface area (Å²) in [6.07, 6.45) is 0. The number of nitrogens with zero attached hydrogens (tertiary/aromatic N) is 2. The van der Waals surface area contributed by atoms with Gasteiger partial charge in [0.15, 0.2) is 0 Å². The molecule has 1 aliphatic rings. The van der Waals surface area contributed by atoms with Gasteiger partial charge >= 0.3 is 0 Å².